The number of hydrogen-bond donors (Lipinski definition) is 2. The molecule has 0 aliphatic heterocycles. The zero-order valence-corrected chi connectivity index (χ0v) is 11.7. The van der Waals surface area contributed by atoms with Crippen LogP contribution in [-0.2, 0) is 0 Å². The van der Waals surface area contributed by atoms with Gasteiger partial charge in [-0.3, -0.25) is 4.79 Å². The van der Waals surface area contributed by atoms with Gasteiger partial charge in [0.25, 0.3) is 5.91 Å². The molecule has 0 radical (unpaired) electrons. The largest absolute Gasteiger partial charge is 0.494 e. The molecule has 2 rings (SSSR count). The second-order valence-electron chi connectivity index (χ2n) is 4.14. The first-order valence-electron chi connectivity index (χ1n) is 6.36. The molecule has 0 aliphatic carbocycles. The van der Waals surface area contributed by atoms with Crippen LogP contribution in [0.15, 0.2) is 30.3 Å². The fourth-order valence-corrected chi connectivity index (χ4v) is 1.67. The number of benzene rings is 1. The van der Waals surface area contributed by atoms with Crippen LogP contribution in [-0.4, -0.2) is 29.8 Å². The first-order valence-corrected chi connectivity index (χ1v) is 6.36. The number of nitrogens with one attached hydrogen (secondary N) is 2. The molecule has 0 bridgehead atoms. The molecule has 7 heteroatoms. The van der Waals surface area contributed by atoms with E-state index in [1.54, 1.807) is 18.2 Å². The second kappa shape index (κ2) is 6.65. The molecule has 0 saturated heterocycles. The molecular formula is C14H15FN4O2. The van der Waals surface area contributed by atoms with Crippen LogP contribution in [0.2, 0.25) is 0 Å². The van der Waals surface area contributed by atoms with E-state index in [1.165, 1.54) is 19.2 Å². The predicted molar refractivity (Wildman–Crippen MR) is 77.1 cm³/mol. The molecule has 0 aliphatic rings. The van der Waals surface area contributed by atoms with Gasteiger partial charge in [-0.1, -0.05) is 0 Å². The van der Waals surface area contributed by atoms with Crippen LogP contribution in [0.3, 0.4) is 0 Å². The summed E-state index contributed by atoms with van der Waals surface area (Å²) >= 11 is 0. The van der Waals surface area contributed by atoms with Gasteiger partial charge in [0.1, 0.15) is 5.82 Å². The van der Waals surface area contributed by atoms with Crippen molar-refractivity contribution in [3.63, 3.8) is 0 Å². The third kappa shape index (κ3) is 3.65. The second-order valence-corrected chi connectivity index (χ2v) is 4.14. The minimum Gasteiger partial charge on any atom is -0.494 e. The lowest BCUT2D eigenvalue weighted by molar-refractivity contribution is 0.102. The third-order valence-corrected chi connectivity index (χ3v) is 2.66. The van der Waals surface area contributed by atoms with Gasteiger partial charge in [0.05, 0.1) is 7.11 Å². The number of rotatable bonds is 5. The van der Waals surface area contributed by atoms with Gasteiger partial charge >= 0.3 is 0 Å². The minimum absolute atomic E-state index is 0.114. The van der Waals surface area contributed by atoms with E-state index < -0.39 is 11.7 Å². The van der Waals surface area contributed by atoms with Gasteiger partial charge in [-0.15, -0.1) is 10.2 Å². The number of ether oxygens (including phenoxy) is 1. The van der Waals surface area contributed by atoms with Crippen molar-refractivity contribution >= 4 is 17.4 Å². The molecule has 1 aromatic carbocycles. The predicted octanol–water partition coefficient (Wildman–Crippen LogP) is 2.31. The van der Waals surface area contributed by atoms with Gasteiger partial charge in [-0.25, -0.2) is 4.39 Å². The molecule has 0 unspecified atom stereocenters. The van der Waals surface area contributed by atoms with Gasteiger partial charge in [0, 0.05) is 18.3 Å². The summed E-state index contributed by atoms with van der Waals surface area (Å²) in [5, 5.41) is 13.2. The Balaban J connectivity index is 2.08. The zero-order chi connectivity index (χ0) is 15.2. The van der Waals surface area contributed by atoms with Gasteiger partial charge in [-0.2, -0.15) is 0 Å². The summed E-state index contributed by atoms with van der Waals surface area (Å²) in [4.78, 5) is 12.0. The highest BCUT2D eigenvalue weighted by molar-refractivity contribution is 6.02. The van der Waals surface area contributed by atoms with Gasteiger partial charge in [0.15, 0.2) is 17.3 Å². The molecule has 1 amide bonds. The maximum Gasteiger partial charge on any atom is 0.276 e. The Kier molecular flexibility index (Phi) is 4.65. The van der Waals surface area contributed by atoms with Crippen LogP contribution in [0, 0.1) is 5.82 Å². The van der Waals surface area contributed by atoms with Crippen molar-refractivity contribution in [3.05, 3.63) is 41.8 Å². The molecule has 0 fully saturated rings. The summed E-state index contributed by atoms with van der Waals surface area (Å²) in [6.07, 6.45) is 0. The molecular weight excluding hydrogens is 275 g/mol. The highest BCUT2D eigenvalue weighted by Crippen LogP contribution is 2.20. The van der Waals surface area contributed by atoms with Crippen molar-refractivity contribution in [3.8, 4) is 5.75 Å². The maximum absolute atomic E-state index is 13.5. The number of aromatic nitrogens is 2. The number of hydrogen-bond acceptors (Lipinski definition) is 5. The van der Waals surface area contributed by atoms with Crippen molar-refractivity contribution in [1.82, 2.24) is 10.2 Å². The molecule has 1 heterocycles. The van der Waals surface area contributed by atoms with Crippen molar-refractivity contribution in [1.29, 1.82) is 0 Å². The van der Waals surface area contributed by atoms with Gasteiger partial charge < -0.3 is 15.4 Å². The van der Waals surface area contributed by atoms with E-state index in [9.17, 15) is 9.18 Å². The summed E-state index contributed by atoms with van der Waals surface area (Å²) in [6, 6.07) is 7.35. The van der Waals surface area contributed by atoms with Gasteiger partial charge in [0.2, 0.25) is 0 Å². The topological polar surface area (TPSA) is 76.1 Å². The highest BCUT2D eigenvalue weighted by Gasteiger charge is 2.10. The van der Waals surface area contributed by atoms with Crippen LogP contribution in [0.4, 0.5) is 15.9 Å². The standard InChI is InChI=1S/C14H15FN4O2/c1-3-16-13-7-5-11(18-19-13)14(20)17-9-4-6-12(21-2)10(15)8-9/h4-8H,3H2,1-2H3,(H,16,19)(H,17,20). The van der Waals surface area contributed by atoms with Gasteiger partial charge in [-0.05, 0) is 31.2 Å². The first kappa shape index (κ1) is 14.7. The lowest BCUT2D eigenvalue weighted by atomic mass is 10.2. The van der Waals surface area contributed by atoms with Crippen molar-refractivity contribution in [2.75, 3.05) is 24.3 Å². The Morgan fingerprint density at radius 3 is 2.67 bits per heavy atom. The summed E-state index contributed by atoms with van der Waals surface area (Å²) < 4.78 is 18.3. The fraction of sp³-hybridized carbons (Fsp3) is 0.214. The lowest BCUT2D eigenvalue weighted by Crippen LogP contribution is -2.15. The van der Waals surface area contributed by atoms with E-state index in [2.05, 4.69) is 20.8 Å². The number of halogens is 1. The molecule has 2 aromatic rings. The van der Waals surface area contributed by atoms with Crippen LogP contribution in [0.5, 0.6) is 5.75 Å². The Labute approximate surface area is 121 Å². The van der Waals surface area contributed by atoms with Crippen LogP contribution in [0.1, 0.15) is 17.4 Å². The van der Waals surface area contributed by atoms with E-state index in [-0.39, 0.29) is 11.4 Å². The average molecular weight is 290 g/mol. The van der Waals surface area contributed by atoms with Crippen molar-refractivity contribution in [2.45, 2.75) is 6.92 Å². The Morgan fingerprint density at radius 1 is 1.29 bits per heavy atom. The number of anilines is 2. The number of nitrogens with zero attached hydrogens (tertiary/aromatic N) is 2. The zero-order valence-electron chi connectivity index (χ0n) is 11.7. The Hall–Kier alpha value is -2.70. The maximum atomic E-state index is 13.5. The van der Waals surface area contributed by atoms with Crippen LogP contribution in [0.25, 0.3) is 0 Å². The molecule has 6 nitrogen and oxygen atoms in total. The van der Waals surface area contributed by atoms with E-state index in [0.29, 0.717) is 18.1 Å². The van der Waals surface area contributed by atoms with Crippen molar-refractivity contribution < 1.29 is 13.9 Å². The third-order valence-electron chi connectivity index (χ3n) is 2.66. The number of carbonyl (C=O) groups is 1. The quantitative estimate of drug-likeness (QED) is 0.883. The summed E-state index contributed by atoms with van der Waals surface area (Å²) in [5.74, 6) is -0.314. The average Bonchev–Trinajstić information content (AvgIpc) is 2.48. The lowest BCUT2D eigenvalue weighted by Gasteiger charge is -2.07. The summed E-state index contributed by atoms with van der Waals surface area (Å²) in [6.45, 7) is 2.64. The fourth-order valence-electron chi connectivity index (χ4n) is 1.67. The number of methoxy groups -OCH3 is 1. The van der Waals surface area contributed by atoms with Crippen LogP contribution >= 0.6 is 0 Å². The number of carbonyl (C=O) groups excluding carboxylic acids is 1. The molecule has 110 valence electrons. The molecule has 1 aromatic heterocycles. The smallest absolute Gasteiger partial charge is 0.276 e. The Morgan fingerprint density at radius 2 is 2.10 bits per heavy atom. The first-order chi connectivity index (χ1) is 10.1. The molecule has 0 spiro atoms. The highest BCUT2D eigenvalue weighted by atomic mass is 19.1. The van der Waals surface area contributed by atoms with Crippen molar-refractivity contribution in [2.24, 2.45) is 0 Å². The normalized spacial score (nSPS) is 10.0. The molecule has 2 N–H and O–H groups in total. The number of amides is 1. The molecule has 21 heavy (non-hydrogen) atoms. The summed E-state index contributed by atoms with van der Waals surface area (Å²) in [7, 11) is 1.37. The SMILES string of the molecule is CCNc1ccc(C(=O)Nc2ccc(OC)c(F)c2)nn1. The monoisotopic (exact) mass is 290 g/mol. The van der Waals surface area contributed by atoms with E-state index in [4.69, 9.17) is 4.74 Å². The van der Waals surface area contributed by atoms with Crippen LogP contribution < -0.4 is 15.4 Å². The summed E-state index contributed by atoms with van der Waals surface area (Å²) in [5.41, 5.74) is 0.462. The minimum atomic E-state index is -0.552. The Bertz CT molecular complexity index is 631. The van der Waals surface area contributed by atoms with E-state index >= 15 is 0 Å². The molecule has 0 saturated carbocycles. The van der Waals surface area contributed by atoms with E-state index in [0.717, 1.165) is 0 Å². The molecule has 0 atom stereocenters. The van der Waals surface area contributed by atoms with E-state index in [1.807, 2.05) is 6.92 Å².